The molecule has 1 aliphatic carbocycles. The van der Waals surface area contributed by atoms with E-state index in [1.807, 2.05) is 62.4 Å². The first-order valence-corrected chi connectivity index (χ1v) is 20.2. The first-order valence-electron chi connectivity index (χ1n) is 20.2. The number of amides is 4. The van der Waals surface area contributed by atoms with Crippen molar-refractivity contribution in [3.63, 3.8) is 0 Å². The fourth-order valence-electron chi connectivity index (χ4n) is 8.89. The highest BCUT2D eigenvalue weighted by molar-refractivity contribution is 5.87. The molecule has 0 bridgehead atoms. The van der Waals surface area contributed by atoms with Crippen LogP contribution in [0.1, 0.15) is 95.9 Å². The second-order valence-corrected chi connectivity index (χ2v) is 16.3. The number of benzene rings is 2. The Morgan fingerprint density at radius 1 is 0.780 bits per heavy atom. The second-order valence-electron chi connectivity index (χ2n) is 16.3. The number of aromatic nitrogens is 4. The van der Waals surface area contributed by atoms with E-state index in [1.165, 1.54) is 14.2 Å². The summed E-state index contributed by atoms with van der Waals surface area (Å²) in [7, 11) is 2.50. The lowest BCUT2D eigenvalue weighted by atomic mass is 9.78. The number of aromatic amines is 2. The van der Waals surface area contributed by atoms with E-state index in [0.29, 0.717) is 36.7 Å². The zero-order chi connectivity index (χ0) is 42.1. The Kier molecular flexibility index (Phi) is 11.8. The largest absolute Gasteiger partial charge is 0.453 e. The molecule has 59 heavy (non-hydrogen) atoms. The maximum atomic E-state index is 14.3. The Hall–Kier alpha value is -5.80. The van der Waals surface area contributed by atoms with Crippen molar-refractivity contribution in [2.24, 2.45) is 5.92 Å². The maximum absolute atomic E-state index is 14.3. The standard InChI is InChI=1S/C43H52F2N8O6/c1-25(2)35(51-41(57)59-5)39(55)52-22-6-7-33(52)36-46-23-31(49-36)29-12-8-27(9-13-29)28-10-14-30(15-11-28)32-24-47-37(50-32)34-16-17-42(18-20-43(44,45)21-19-42)53(34)38(54)26(3)48-40(56)58-4/h8-15,23-26,33-35H,6-7,16-22H2,1-5H3,(H,46,49)(H,47,50)(H,48,56)(H,51,57)/t26-,33-,34?,35-/m0/s1. The predicted molar refractivity (Wildman–Crippen MR) is 215 cm³/mol. The molecular weight excluding hydrogens is 763 g/mol. The molecule has 1 saturated carbocycles. The van der Waals surface area contributed by atoms with Crippen molar-refractivity contribution in [3.05, 3.63) is 72.6 Å². The molecule has 4 aromatic rings. The molecule has 314 valence electrons. The lowest BCUT2D eigenvalue weighted by molar-refractivity contribution is -0.146. The highest BCUT2D eigenvalue weighted by Gasteiger charge is 2.55. The van der Waals surface area contributed by atoms with E-state index in [1.54, 1.807) is 29.1 Å². The molecule has 7 rings (SSSR count). The monoisotopic (exact) mass is 814 g/mol. The molecular formula is C43H52F2N8O6. The molecule has 1 unspecified atom stereocenters. The topological polar surface area (TPSA) is 175 Å². The van der Waals surface area contributed by atoms with Gasteiger partial charge in [0.15, 0.2) is 0 Å². The van der Waals surface area contributed by atoms with Crippen LogP contribution in [0.15, 0.2) is 60.9 Å². The molecule has 1 spiro atoms. The average Bonchev–Trinajstić information content (AvgIpc) is 4.07. The van der Waals surface area contributed by atoms with Crippen LogP contribution in [0, 0.1) is 5.92 Å². The predicted octanol–water partition coefficient (Wildman–Crippen LogP) is 7.53. The number of methoxy groups -OCH3 is 2. The van der Waals surface area contributed by atoms with Crippen molar-refractivity contribution >= 4 is 24.0 Å². The number of likely N-dealkylation sites (tertiary alicyclic amines) is 2. The number of hydrogen-bond donors (Lipinski definition) is 4. The van der Waals surface area contributed by atoms with E-state index in [4.69, 9.17) is 14.5 Å². The Labute approximate surface area is 341 Å². The van der Waals surface area contributed by atoms with Gasteiger partial charge < -0.3 is 39.9 Å². The van der Waals surface area contributed by atoms with Gasteiger partial charge in [0.25, 0.3) is 0 Å². The summed E-state index contributed by atoms with van der Waals surface area (Å²) in [4.78, 5) is 71.1. The summed E-state index contributed by atoms with van der Waals surface area (Å²) in [5.74, 6) is -2.14. The van der Waals surface area contributed by atoms with Crippen LogP contribution in [0.5, 0.6) is 0 Å². The van der Waals surface area contributed by atoms with Gasteiger partial charge in [-0.1, -0.05) is 62.4 Å². The van der Waals surface area contributed by atoms with Crippen LogP contribution in [0.4, 0.5) is 18.4 Å². The molecule has 3 fully saturated rings. The summed E-state index contributed by atoms with van der Waals surface area (Å²) in [6.45, 7) is 5.92. The van der Waals surface area contributed by atoms with Gasteiger partial charge in [0.2, 0.25) is 17.7 Å². The van der Waals surface area contributed by atoms with Crippen LogP contribution in [-0.2, 0) is 19.1 Å². The van der Waals surface area contributed by atoms with Gasteiger partial charge in [-0.05, 0) is 68.1 Å². The molecule has 0 radical (unpaired) electrons. The number of carbonyl (C=O) groups excluding carboxylic acids is 4. The molecule has 4 heterocycles. The number of ether oxygens (including phenoxy) is 2. The molecule has 4 N–H and O–H groups in total. The minimum Gasteiger partial charge on any atom is -0.453 e. The minimum atomic E-state index is -2.77. The number of alkyl carbamates (subject to hydrolysis) is 2. The SMILES string of the molecule is COC(=O)N[C@@H](C)C(=O)N1C(c2nc(-c3ccc(-c4ccc(-c5cnc([C@@H]6CCCN6C(=O)[C@@H](NC(=O)OC)C(C)C)[nH]5)cc4)cc3)c[nH]2)CCC12CCC(F)(F)CC2. The fraction of sp³-hybridized carbons (Fsp3) is 0.488. The second kappa shape index (κ2) is 16.8. The third-order valence-corrected chi connectivity index (χ3v) is 12.2. The van der Waals surface area contributed by atoms with Crippen molar-refractivity contribution in [2.75, 3.05) is 20.8 Å². The Morgan fingerprint density at radius 2 is 1.39 bits per heavy atom. The van der Waals surface area contributed by atoms with Crippen LogP contribution >= 0.6 is 0 Å². The molecule has 2 aromatic carbocycles. The van der Waals surface area contributed by atoms with Crippen molar-refractivity contribution in [2.45, 2.75) is 108 Å². The smallest absolute Gasteiger partial charge is 0.407 e. The maximum Gasteiger partial charge on any atom is 0.407 e. The number of imidazole rings is 2. The summed E-state index contributed by atoms with van der Waals surface area (Å²) >= 11 is 0. The Bertz CT molecular complexity index is 2140. The number of H-pyrrole nitrogens is 2. The minimum absolute atomic E-state index is 0.124. The van der Waals surface area contributed by atoms with Crippen molar-refractivity contribution in [1.82, 2.24) is 40.4 Å². The number of nitrogens with zero attached hydrogens (tertiary/aromatic N) is 4. The lowest BCUT2D eigenvalue weighted by Crippen LogP contribution is -2.56. The average molecular weight is 815 g/mol. The molecule has 2 aromatic heterocycles. The van der Waals surface area contributed by atoms with E-state index in [9.17, 15) is 28.0 Å². The number of hydrogen-bond acceptors (Lipinski definition) is 8. The van der Waals surface area contributed by atoms with Crippen molar-refractivity contribution < 1.29 is 37.4 Å². The molecule has 16 heteroatoms. The van der Waals surface area contributed by atoms with Gasteiger partial charge in [0, 0.05) is 36.7 Å². The van der Waals surface area contributed by atoms with Gasteiger partial charge in [-0.15, -0.1) is 0 Å². The third-order valence-electron chi connectivity index (χ3n) is 12.2. The Balaban J connectivity index is 1.03. The quantitative estimate of drug-likeness (QED) is 0.127. The van der Waals surface area contributed by atoms with Gasteiger partial charge in [0.1, 0.15) is 23.7 Å². The highest BCUT2D eigenvalue weighted by Crippen LogP contribution is 2.52. The first-order chi connectivity index (χ1) is 28.2. The molecule has 14 nitrogen and oxygen atoms in total. The molecule has 4 amide bonds. The molecule has 4 atom stereocenters. The lowest BCUT2D eigenvalue weighted by Gasteiger charge is -2.46. The summed E-state index contributed by atoms with van der Waals surface area (Å²) in [6, 6.07) is 13.8. The highest BCUT2D eigenvalue weighted by atomic mass is 19.3. The third kappa shape index (κ3) is 8.53. The van der Waals surface area contributed by atoms with E-state index in [0.717, 1.165) is 40.8 Å². The van der Waals surface area contributed by atoms with Gasteiger partial charge in [-0.3, -0.25) is 9.59 Å². The number of halogens is 2. The zero-order valence-corrected chi connectivity index (χ0v) is 34.0. The van der Waals surface area contributed by atoms with E-state index < -0.39 is 41.8 Å². The zero-order valence-electron chi connectivity index (χ0n) is 34.0. The van der Waals surface area contributed by atoms with Crippen LogP contribution < -0.4 is 10.6 Å². The van der Waals surface area contributed by atoms with Crippen molar-refractivity contribution in [1.29, 1.82) is 0 Å². The molecule has 2 aliphatic heterocycles. The summed E-state index contributed by atoms with van der Waals surface area (Å²) in [6.07, 6.45) is 4.63. The van der Waals surface area contributed by atoms with E-state index >= 15 is 0 Å². The molecule has 2 saturated heterocycles. The normalized spacial score (nSPS) is 20.7. The van der Waals surface area contributed by atoms with Gasteiger partial charge in [-0.2, -0.15) is 0 Å². The van der Waals surface area contributed by atoms with Gasteiger partial charge >= 0.3 is 12.2 Å². The van der Waals surface area contributed by atoms with Gasteiger partial charge in [-0.25, -0.2) is 28.3 Å². The molecule has 3 aliphatic rings. The number of nitrogens with one attached hydrogen (secondary N) is 4. The summed E-state index contributed by atoms with van der Waals surface area (Å²) in [5.41, 5.74) is 4.57. The van der Waals surface area contributed by atoms with E-state index in [-0.39, 0.29) is 49.5 Å². The van der Waals surface area contributed by atoms with Crippen molar-refractivity contribution in [3.8, 4) is 33.6 Å². The first kappa shape index (κ1) is 41.4. The summed E-state index contributed by atoms with van der Waals surface area (Å²) in [5, 5.41) is 5.23. The number of carbonyl (C=O) groups is 4. The van der Waals surface area contributed by atoms with Gasteiger partial charge in [0.05, 0.1) is 43.9 Å². The van der Waals surface area contributed by atoms with Crippen LogP contribution in [0.2, 0.25) is 0 Å². The number of alkyl halides is 2. The Morgan fingerprint density at radius 3 is 2.02 bits per heavy atom. The van der Waals surface area contributed by atoms with Crippen LogP contribution in [0.3, 0.4) is 0 Å². The van der Waals surface area contributed by atoms with Crippen LogP contribution in [0.25, 0.3) is 33.6 Å². The fourth-order valence-corrected chi connectivity index (χ4v) is 8.89. The van der Waals surface area contributed by atoms with Crippen LogP contribution in [-0.4, -0.2) is 98.0 Å². The number of rotatable bonds is 10. The van der Waals surface area contributed by atoms with E-state index in [2.05, 4.69) is 25.6 Å². The summed E-state index contributed by atoms with van der Waals surface area (Å²) < 4.78 is 38.1.